The second-order valence-corrected chi connectivity index (χ2v) is 9.13. The van der Waals surface area contributed by atoms with E-state index in [2.05, 4.69) is 9.47 Å². The van der Waals surface area contributed by atoms with Crippen molar-refractivity contribution in [2.45, 2.75) is 31.8 Å². The van der Waals surface area contributed by atoms with Crippen LogP contribution in [0.4, 0.5) is 4.39 Å². The van der Waals surface area contributed by atoms with Gasteiger partial charge in [-0.1, -0.05) is 12.1 Å². The largest absolute Gasteiger partial charge is 0.478 e. The van der Waals surface area contributed by atoms with Crippen LogP contribution in [0.1, 0.15) is 44.8 Å². The van der Waals surface area contributed by atoms with Crippen molar-refractivity contribution in [3.8, 4) is 0 Å². The zero-order chi connectivity index (χ0) is 23.8. The highest BCUT2D eigenvalue weighted by Crippen LogP contribution is 2.32. The molecule has 34 heavy (non-hydrogen) atoms. The smallest absolute Gasteiger partial charge is 0.335 e. The molecule has 0 aliphatic carbocycles. The van der Waals surface area contributed by atoms with Gasteiger partial charge in [0.2, 0.25) is 0 Å². The zero-order valence-electron chi connectivity index (χ0n) is 18.9. The van der Waals surface area contributed by atoms with E-state index < -0.39 is 5.97 Å². The van der Waals surface area contributed by atoms with Gasteiger partial charge in [-0.05, 0) is 55.3 Å². The number of carboxylic acids is 1. The number of carboxylic acid groups (broad SMARTS) is 1. The maximum Gasteiger partial charge on any atom is 0.335 e. The summed E-state index contributed by atoms with van der Waals surface area (Å²) in [5.41, 5.74) is 3.37. The Morgan fingerprint density at radius 3 is 2.62 bits per heavy atom. The fourth-order valence-corrected chi connectivity index (χ4v) is 5.35. The lowest BCUT2D eigenvalue weighted by molar-refractivity contribution is 0.0690. The number of hydrogen-bond acceptors (Lipinski definition) is 4. The third-order valence-electron chi connectivity index (χ3n) is 7.16. The summed E-state index contributed by atoms with van der Waals surface area (Å²) in [6, 6.07) is 11.4. The van der Waals surface area contributed by atoms with Gasteiger partial charge in [0.1, 0.15) is 5.82 Å². The van der Waals surface area contributed by atoms with Crippen molar-refractivity contribution in [1.29, 1.82) is 0 Å². The number of benzene rings is 2. The van der Waals surface area contributed by atoms with Gasteiger partial charge in [-0.3, -0.25) is 9.69 Å². The summed E-state index contributed by atoms with van der Waals surface area (Å²) in [6.07, 6.45) is 2.70. The minimum absolute atomic E-state index is 0.0865. The number of aliphatic hydroxyl groups excluding tert-OH is 1. The number of nitrogens with zero attached hydrogens (tertiary/aromatic N) is 3. The molecule has 0 saturated carbocycles. The number of halogens is 1. The highest BCUT2D eigenvalue weighted by molar-refractivity contribution is 6.09. The fourth-order valence-electron chi connectivity index (χ4n) is 5.35. The van der Waals surface area contributed by atoms with Crippen molar-refractivity contribution in [3.63, 3.8) is 0 Å². The zero-order valence-corrected chi connectivity index (χ0v) is 18.9. The highest BCUT2D eigenvalue weighted by Gasteiger charge is 2.32. The topological polar surface area (TPSA) is 86.0 Å². The van der Waals surface area contributed by atoms with Crippen molar-refractivity contribution < 1.29 is 24.2 Å². The molecule has 1 atom stereocenters. The number of fused-ring (bicyclic) bond motifs is 3. The Morgan fingerprint density at radius 1 is 1.09 bits per heavy atom. The quantitative estimate of drug-likeness (QED) is 0.560. The number of aliphatic hydroxyl groups is 1. The molecule has 2 N–H and O–H groups in total. The molecule has 0 bridgehead atoms. The summed E-state index contributed by atoms with van der Waals surface area (Å²) in [5.74, 6) is -1.45. The van der Waals surface area contributed by atoms with Crippen LogP contribution in [0.3, 0.4) is 0 Å². The van der Waals surface area contributed by atoms with Gasteiger partial charge in [0.15, 0.2) is 0 Å². The van der Waals surface area contributed by atoms with Crippen molar-refractivity contribution in [2.24, 2.45) is 0 Å². The lowest BCUT2D eigenvalue weighted by atomic mass is 10.0. The summed E-state index contributed by atoms with van der Waals surface area (Å²) in [5, 5.41) is 19.3. The molecule has 0 radical (unpaired) electrons. The maximum atomic E-state index is 14.2. The van der Waals surface area contributed by atoms with E-state index in [1.165, 1.54) is 12.1 Å². The maximum absolute atomic E-state index is 14.2. The fraction of sp³-hybridized carbons (Fsp3) is 0.385. The number of likely N-dealkylation sites (tertiary alicyclic amines) is 1. The SMILES string of the molecule is O=C(O)c1ccc(Cn2c3c(c4cc(F)ccc42)C(=O)N(CCN2CCCC2CO)CC3)cc1. The van der Waals surface area contributed by atoms with Gasteiger partial charge in [-0.25, -0.2) is 9.18 Å². The molecular weight excluding hydrogens is 437 g/mol. The molecule has 2 aliphatic rings. The molecule has 2 aliphatic heterocycles. The Labute approximate surface area is 197 Å². The number of hydrogen-bond donors (Lipinski definition) is 2. The molecule has 1 saturated heterocycles. The van der Waals surface area contributed by atoms with Gasteiger partial charge in [0, 0.05) is 55.2 Å². The van der Waals surface area contributed by atoms with E-state index in [9.17, 15) is 19.1 Å². The van der Waals surface area contributed by atoms with Crippen LogP contribution in [0, 0.1) is 5.82 Å². The van der Waals surface area contributed by atoms with Gasteiger partial charge in [-0.2, -0.15) is 0 Å². The number of rotatable bonds is 7. The molecule has 8 heteroatoms. The summed E-state index contributed by atoms with van der Waals surface area (Å²) < 4.78 is 16.3. The molecule has 1 fully saturated rings. The molecule has 1 unspecified atom stereocenters. The number of carbonyl (C=O) groups excluding carboxylic acids is 1. The molecular formula is C26H28FN3O4. The predicted molar refractivity (Wildman–Crippen MR) is 126 cm³/mol. The molecule has 2 aromatic carbocycles. The number of aromatic carboxylic acids is 1. The minimum atomic E-state index is -0.976. The third kappa shape index (κ3) is 4.08. The van der Waals surface area contributed by atoms with E-state index >= 15 is 0 Å². The molecule has 3 aromatic rings. The van der Waals surface area contributed by atoms with Crippen LogP contribution in [0.15, 0.2) is 42.5 Å². The molecule has 178 valence electrons. The molecule has 1 amide bonds. The lowest BCUT2D eigenvalue weighted by Crippen LogP contribution is -2.44. The van der Waals surface area contributed by atoms with Crippen molar-refractivity contribution in [3.05, 3.63) is 70.7 Å². The van der Waals surface area contributed by atoms with Crippen molar-refractivity contribution in [1.82, 2.24) is 14.4 Å². The Bertz CT molecular complexity index is 1240. The van der Waals surface area contributed by atoms with Gasteiger partial charge in [0.05, 0.1) is 17.7 Å². The Balaban J connectivity index is 1.44. The van der Waals surface area contributed by atoms with Gasteiger partial charge < -0.3 is 19.7 Å². The van der Waals surface area contributed by atoms with Crippen LogP contribution in [0.25, 0.3) is 10.9 Å². The van der Waals surface area contributed by atoms with E-state index in [1.807, 2.05) is 4.90 Å². The van der Waals surface area contributed by atoms with E-state index in [1.54, 1.807) is 30.3 Å². The predicted octanol–water partition coefficient (Wildman–Crippen LogP) is 2.98. The lowest BCUT2D eigenvalue weighted by Gasteiger charge is -2.31. The second-order valence-electron chi connectivity index (χ2n) is 9.13. The summed E-state index contributed by atoms with van der Waals surface area (Å²) in [7, 11) is 0. The monoisotopic (exact) mass is 465 g/mol. The first-order valence-corrected chi connectivity index (χ1v) is 11.7. The summed E-state index contributed by atoms with van der Waals surface area (Å²) in [6.45, 7) is 3.42. The van der Waals surface area contributed by atoms with Crippen LogP contribution in [0.5, 0.6) is 0 Å². The van der Waals surface area contributed by atoms with E-state index in [4.69, 9.17) is 5.11 Å². The average molecular weight is 466 g/mol. The standard InChI is InChI=1S/C26H28FN3O4/c27-19-7-8-22-21(14-19)24-23(30(22)15-17-3-5-18(6-4-17)26(33)34)9-11-29(25(24)32)13-12-28-10-1-2-20(28)16-31/h3-8,14,20,31H,1-2,9-13,15-16H2,(H,33,34). The molecule has 0 spiro atoms. The number of amides is 1. The van der Waals surface area contributed by atoms with E-state index in [0.717, 1.165) is 42.7 Å². The summed E-state index contributed by atoms with van der Waals surface area (Å²) >= 11 is 0. The van der Waals surface area contributed by atoms with Gasteiger partial charge in [0.25, 0.3) is 5.91 Å². The minimum Gasteiger partial charge on any atom is -0.478 e. The third-order valence-corrected chi connectivity index (χ3v) is 7.16. The first-order valence-electron chi connectivity index (χ1n) is 11.7. The van der Waals surface area contributed by atoms with Crippen molar-refractivity contribution >= 4 is 22.8 Å². The highest BCUT2D eigenvalue weighted by atomic mass is 19.1. The first-order chi connectivity index (χ1) is 16.5. The number of carbonyl (C=O) groups is 2. The van der Waals surface area contributed by atoms with Crippen LogP contribution < -0.4 is 0 Å². The Hall–Kier alpha value is -3.23. The molecule has 1 aromatic heterocycles. The Kier molecular flexibility index (Phi) is 6.10. The van der Waals surface area contributed by atoms with E-state index in [-0.39, 0.29) is 29.9 Å². The summed E-state index contributed by atoms with van der Waals surface area (Å²) in [4.78, 5) is 28.8. The second kappa shape index (κ2) is 9.19. The van der Waals surface area contributed by atoms with Crippen LogP contribution in [-0.4, -0.2) is 75.3 Å². The van der Waals surface area contributed by atoms with E-state index in [0.29, 0.717) is 37.0 Å². The van der Waals surface area contributed by atoms with Crippen molar-refractivity contribution in [2.75, 3.05) is 32.8 Å². The van der Waals surface area contributed by atoms with Gasteiger partial charge in [-0.15, -0.1) is 0 Å². The average Bonchev–Trinajstić information content (AvgIpc) is 3.41. The van der Waals surface area contributed by atoms with Crippen LogP contribution >= 0.6 is 0 Å². The normalized spacial score (nSPS) is 18.6. The molecule has 7 nitrogen and oxygen atoms in total. The molecule has 5 rings (SSSR count). The van der Waals surface area contributed by atoms with Gasteiger partial charge >= 0.3 is 5.97 Å². The molecule has 3 heterocycles. The van der Waals surface area contributed by atoms with Crippen LogP contribution in [0.2, 0.25) is 0 Å². The van der Waals surface area contributed by atoms with Crippen LogP contribution in [-0.2, 0) is 13.0 Å². The first kappa shape index (κ1) is 22.6. The number of aromatic nitrogens is 1. The Morgan fingerprint density at radius 2 is 1.88 bits per heavy atom.